The maximum Gasteiger partial charge on any atom is 0.272 e. The van der Waals surface area contributed by atoms with E-state index < -0.39 is 6.10 Å². The standard InChI is InChI=1S/C17H18N4O2/c22-14-5-4-11-7-10-21(15(11)14)17(23)13-6-9-19-16(20-13)12-3-1-2-8-18-12/h1-3,6,8-9,11,14-15,22H,4-5,7,10H2/t11-,14+,15+/m0/s1. The van der Waals surface area contributed by atoms with E-state index in [0.717, 1.165) is 19.3 Å². The molecule has 1 aliphatic heterocycles. The number of aromatic nitrogens is 3. The van der Waals surface area contributed by atoms with Crippen molar-refractivity contribution < 1.29 is 9.90 Å². The Morgan fingerprint density at radius 1 is 1.13 bits per heavy atom. The molecular formula is C17H18N4O2. The highest BCUT2D eigenvalue weighted by atomic mass is 16.3. The Morgan fingerprint density at radius 2 is 2.04 bits per heavy atom. The lowest BCUT2D eigenvalue weighted by atomic mass is 10.0. The van der Waals surface area contributed by atoms with E-state index in [1.54, 1.807) is 23.4 Å². The van der Waals surface area contributed by atoms with Crippen LogP contribution in [0.1, 0.15) is 29.8 Å². The fourth-order valence-corrected chi connectivity index (χ4v) is 3.75. The molecule has 0 spiro atoms. The molecule has 1 aliphatic carbocycles. The molecule has 1 N–H and O–H groups in total. The molecule has 1 saturated carbocycles. The van der Waals surface area contributed by atoms with Gasteiger partial charge in [-0.2, -0.15) is 0 Å². The smallest absolute Gasteiger partial charge is 0.272 e. The number of nitrogens with zero attached hydrogens (tertiary/aromatic N) is 4. The van der Waals surface area contributed by atoms with Crippen molar-refractivity contribution in [2.24, 2.45) is 5.92 Å². The molecule has 118 valence electrons. The normalized spacial score (nSPS) is 26.3. The lowest BCUT2D eigenvalue weighted by Gasteiger charge is -2.26. The van der Waals surface area contributed by atoms with Crippen LogP contribution < -0.4 is 0 Å². The van der Waals surface area contributed by atoms with Gasteiger partial charge in [-0.1, -0.05) is 6.07 Å². The van der Waals surface area contributed by atoms with Gasteiger partial charge in [-0.25, -0.2) is 9.97 Å². The van der Waals surface area contributed by atoms with Crippen LogP contribution in [-0.2, 0) is 0 Å². The lowest BCUT2D eigenvalue weighted by molar-refractivity contribution is 0.0526. The SMILES string of the molecule is O=C(c1ccnc(-c2ccccn2)n1)N1CC[C@@H]2CC[C@@H](O)[C@@H]21. The first-order valence-corrected chi connectivity index (χ1v) is 7.97. The number of rotatable bonds is 2. The molecule has 2 aromatic rings. The summed E-state index contributed by atoms with van der Waals surface area (Å²) in [6.45, 7) is 0.689. The van der Waals surface area contributed by atoms with Gasteiger partial charge in [-0.3, -0.25) is 9.78 Å². The molecule has 3 heterocycles. The summed E-state index contributed by atoms with van der Waals surface area (Å²) in [5, 5.41) is 10.2. The minimum Gasteiger partial charge on any atom is -0.391 e. The van der Waals surface area contributed by atoms with Gasteiger partial charge in [-0.05, 0) is 43.4 Å². The van der Waals surface area contributed by atoms with Crippen molar-refractivity contribution in [2.75, 3.05) is 6.54 Å². The topological polar surface area (TPSA) is 79.2 Å². The number of likely N-dealkylation sites (tertiary alicyclic amines) is 1. The van der Waals surface area contributed by atoms with Crippen LogP contribution in [-0.4, -0.2) is 49.6 Å². The van der Waals surface area contributed by atoms with Gasteiger partial charge < -0.3 is 10.0 Å². The molecule has 2 aliphatic rings. The largest absolute Gasteiger partial charge is 0.391 e. The summed E-state index contributed by atoms with van der Waals surface area (Å²) in [5.74, 6) is 0.739. The number of aliphatic hydroxyl groups excluding tert-OH is 1. The van der Waals surface area contributed by atoms with Gasteiger partial charge in [0.25, 0.3) is 5.91 Å². The number of pyridine rings is 1. The third-order valence-electron chi connectivity index (χ3n) is 4.84. The fraction of sp³-hybridized carbons (Fsp3) is 0.412. The Kier molecular flexibility index (Phi) is 3.53. The van der Waals surface area contributed by atoms with Gasteiger partial charge in [0.15, 0.2) is 5.82 Å². The Hall–Kier alpha value is -2.34. The average Bonchev–Trinajstić information content (AvgIpc) is 3.18. The summed E-state index contributed by atoms with van der Waals surface area (Å²) in [5.41, 5.74) is 1.00. The minimum absolute atomic E-state index is 0.0595. The van der Waals surface area contributed by atoms with Crippen LogP contribution in [0.25, 0.3) is 11.5 Å². The molecule has 2 fully saturated rings. The van der Waals surface area contributed by atoms with Crippen LogP contribution in [0.4, 0.5) is 0 Å². The van der Waals surface area contributed by atoms with E-state index in [0.29, 0.717) is 29.7 Å². The van der Waals surface area contributed by atoms with Crippen molar-refractivity contribution in [3.05, 3.63) is 42.4 Å². The quantitative estimate of drug-likeness (QED) is 0.910. The molecule has 0 aromatic carbocycles. The predicted octanol–water partition coefficient (Wildman–Crippen LogP) is 1.52. The molecule has 23 heavy (non-hydrogen) atoms. The summed E-state index contributed by atoms with van der Waals surface area (Å²) in [6.07, 6.45) is 5.59. The lowest BCUT2D eigenvalue weighted by Crippen LogP contribution is -2.42. The number of hydrogen-bond acceptors (Lipinski definition) is 5. The Morgan fingerprint density at radius 3 is 2.87 bits per heavy atom. The van der Waals surface area contributed by atoms with Gasteiger partial charge in [0.1, 0.15) is 11.4 Å². The summed E-state index contributed by atoms with van der Waals surface area (Å²) in [6, 6.07) is 7.07. The molecule has 1 saturated heterocycles. The molecule has 2 aromatic heterocycles. The first-order chi connectivity index (χ1) is 11.2. The molecule has 0 unspecified atom stereocenters. The van der Waals surface area contributed by atoms with Crippen molar-refractivity contribution in [3.63, 3.8) is 0 Å². The van der Waals surface area contributed by atoms with Crippen molar-refractivity contribution in [2.45, 2.75) is 31.4 Å². The summed E-state index contributed by atoms with van der Waals surface area (Å²) < 4.78 is 0. The van der Waals surface area contributed by atoms with E-state index in [4.69, 9.17) is 0 Å². The van der Waals surface area contributed by atoms with E-state index in [2.05, 4.69) is 15.0 Å². The van der Waals surface area contributed by atoms with Crippen LogP contribution in [0.3, 0.4) is 0 Å². The van der Waals surface area contributed by atoms with E-state index in [-0.39, 0.29) is 11.9 Å². The number of carbonyl (C=O) groups is 1. The molecular weight excluding hydrogens is 292 g/mol. The second-order valence-electron chi connectivity index (χ2n) is 6.16. The molecule has 0 bridgehead atoms. The van der Waals surface area contributed by atoms with Crippen LogP contribution in [0.5, 0.6) is 0 Å². The number of fused-ring (bicyclic) bond motifs is 1. The van der Waals surface area contributed by atoms with E-state index >= 15 is 0 Å². The van der Waals surface area contributed by atoms with E-state index in [1.807, 2.05) is 18.2 Å². The number of amides is 1. The van der Waals surface area contributed by atoms with Gasteiger partial charge in [0.2, 0.25) is 0 Å². The summed E-state index contributed by atoms with van der Waals surface area (Å²) >= 11 is 0. The zero-order chi connectivity index (χ0) is 15.8. The van der Waals surface area contributed by atoms with Gasteiger partial charge >= 0.3 is 0 Å². The van der Waals surface area contributed by atoms with Crippen molar-refractivity contribution in [3.8, 4) is 11.5 Å². The van der Waals surface area contributed by atoms with Crippen LogP contribution in [0.15, 0.2) is 36.7 Å². The van der Waals surface area contributed by atoms with Crippen molar-refractivity contribution in [1.29, 1.82) is 0 Å². The summed E-state index contributed by atoms with van der Waals surface area (Å²) in [4.78, 5) is 27.4. The molecule has 0 radical (unpaired) electrons. The van der Waals surface area contributed by atoms with Gasteiger partial charge in [-0.15, -0.1) is 0 Å². The highest BCUT2D eigenvalue weighted by Crippen LogP contribution is 2.38. The number of hydrogen-bond donors (Lipinski definition) is 1. The zero-order valence-corrected chi connectivity index (χ0v) is 12.7. The van der Waals surface area contributed by atoms with Crippen molar-refractivity contribution >= 4 is 5.91 Å². The third kappa shape index (κ3) is 2.49. The Bertz CT molecular complexity index is 722. The zero-order valence-electron chi connectivity index (χ0n) is 12.7. The molecule has 1 amide bonds. The first kappa shape index (κ1) is 14.3. The van der Waals surface area contributed by atoms with E-state index in [1.165, 1.54) is 0 Å². The third-order valence-corrected chi connectivity index (χ3v) is 4.84. The van der Waals surface area contributed by atoms with Gasteiger partial charge in [0, 0.05) is 18.9 Å². The maximum absolute atomic E-state index is 12.8. The van der Waals surface area contributed by atoms with Crippen LogP contribution in [0.2, 0.25) is 0 Å². The second-order valence-corrected chi connectivity index (χ2v) is 6.16. The molecule has 3 atom stereocenters. The predicted molar refractivity (Wildman–Crippen MR) is 83.4 cm³/mol. The monoisotopic (exact) mass is 310 g/mol. The second kappa shape index (κ2) is 5.70. The highest BCUT2D eigenvalue weighted by molar-refractivity contribution is 5.93. The Labute approximate surface area is 134 Å². The average molecular weight is 310 g/mol. The highest BCUT2D eigenvalue weighted by Gasteiger charge is 2.45. The molecule has 6 nitrogen and oxygen atoms in total. The summed E-state index contributed by atoms with van der Waals surface area (Å²) in [7, 11) is 0. The minimum atomic E-state index is -0.413. The Balaban J connectivity index is 1.62. The first-order valence-electron chi connectivity index (χ1n) is 7.97. The fourth-order valence-electron chi connectivity index (χ4n) is 3.75. The maximum atomic E-state index is 12.8. The number of aliphatic hydroxyl groups is 1. The van der Waals surface area contributed by atoms with Crippen molar-refractivity contribution in [1.82, 2.24) is 19.9 Å². The molecule has 4 rings (SSSR count). The van der Waals surface area contributed by atoms with Gasteiger partial charge in [0.05, 0.1) is 12.1 Å². The van der Waals surface area contributed by atoms with Crippen LogP contribution >= 0.6 is 0 Å². The number of carbonyl (C=O) groups excluding carboxylic acids is 1. The van der Waals surface area contributed by atoms with E-state index in [9.17, 15) is 9.90 Å². The molecule has 6 heteroatoms. The van der Waals surface area contributed by atoms with Crippen LogP contribution in [0, 0.1) is 5.92 Å².